The van der Waals surface area contributed by atoms with E-state index in [1.165, 1.54) is 18.2 Å². The van der Waals surface area contributed by atoms with E-state index in [-0.39, 0.29) is 5.91 Å². The zero-order valence-electron chi connectivity index (χ0n) is 22.4. The molecule has 8 nitrogen and oxygen atoms in total. The molecule has 8 heteroatoms. The van der Waals surface area contributed by atoms with Crippen molar-refractivity contribution in [3.63, 3.8) is 0 Å². The van der Waals surface area contributed by atoms with Crippen LogP contribution in [0.5, 0.6) is 5.75 Å². The lowest BCUT2D eigenvalue weighted by Crippen LogP contribution is -2.45. The van der Waals surface area contributed by atoms with Gasteiger partial charge in [-0.15, -0.1) is 0 Å². The van der Waals surface area contributed by atoms with Crippen molar-refractivity contribution < 1.29 is 9.53 Å². The summed E-state index contributed by atoms with van der Waals surface area (Å²) in [5.74, 6) is 1.38. The molecule has 1 saturated heterocycles. The molecule has 2 N–H and O–H groups in total. The number of nitrogens with zero attached hydrogens (tertiary/aromatic N) is 4. The van der Waals surface area contributed by atoms with Crippen molar-refractivity contribution in [2.45, 2.75) is 20.4 Å². The van der Waals surface area contributed by atoms with Gasteiger partial charge < -0.3 is 20.3 Å². The van der Waals surface area contributed by atoms with Crippen LogP contribution in [0.15, 0.2) is 85.1 Å². The molecule has 3 aromatic carbocycles. The van der Waals surface area contributed by atoms with Crippen LogP contribution in [0, 0.1) is 0 Å². The molecule has 0 atom stereocenters. The zero-order chi connectivity index (χ0) is 27.0. The highest BCUT2D eigenvalue weighted by molar-refractivity contribution is 5.88. The average Bonchev–Trinajstić information content (AvgIpc) is 2.95. The van der Waals surface area contributed by atoms with Crippen LogP contribution in [0.1, 0.15) is 19.4 Å². The highest BCUT2D eigenvalue weighted by atomic mass is 16.5. The monoisotopic (exact) mass is 522 g/mol. The largest absolute Gasteiger partial charge is 0.494 e. The second-order valence-electron chi connectivity index (χ2n) is 9.54. The molecule has 1 amide bonds. The van der Waals surface area contributed by atoms with Gasteiger partial charge in [0.25, 0.3) is 0 Å². The third-order valence-electron chi connectivity index (χ3n) is 6.63. The first kappa shape index (κ1) is 26.2. The summed E-state index contributed by atoms with van der Waals surface area (Å²) in [5.41, 5.74) is 5.95. The molecule has 200 valence electrons. The summed E-state index contributed by atoms with van der Waals surface area (Å²) >= 11 is 0. The minimum absolute atomic E-state index is 0.0932. The van der Waals surface area contributed by atoms with Gasteiger partial charge in [0.15, 0.2) is 0 Å². The maximum atomic E-state index is 11.3. The van der Waals surface area contributed by atoms with Gasteiger partial charge in [-0.3, -0.25) is 9.69 Å². The van der Waals surface area contributed by atoms with E-state index in [1.54, 1.807) is 6.20 Å². The van der Waals surface area contributed by atoms with E-state index < -0.39 is 0 Å². The Morgan fingerprint density at radius 2 is 1.67 bits per heavy atom. The van der Waals surface area contributed by atoms with E-state index in [4.69, 9.17) is 4.74 Å². The van der Waals surface area contributed by atoms with Crippen molar-refractivity contribution in [2.24, 2.45) is 0 Å². The fourth-order valence-electron chi connectivity index (χ4n) is 4.71. The van der Waals surface area contributed by atoms with E-state index >= 15 is 0 Å². The number of piperazine rings is 1. The Hall–Kier alpha value is -4.43. The molecule has 1 aliphatic rings. The van der Waals surface area contributed by atoms with E-state index in [0.29, 0.717) is 12.6 Å². The first-order valence-corrected chi connectivity index (χ1v) is 13.3. The number of hydrogen-bond acceptors (Lipinski definition) is 7. The van der Waals surface area contributed by atoms with Crippen LogP contribution in [0.2, 0.25) is 0 Å². The average molecular weight is 523 g/mol. The molecular weight excluding hydrogens is 488 g/mol. The van der Waals surface area contributed by atoms with E-state index in [1.807, 2.05) is 43.3 Å². The molecule has 1 aliphatic heterocycles. The maximum Gasteiger partial charge on any atom is 0.227 e. The first-order valence-electron chi connectivity index (χ1n) is 13.3. The normalized spacial score (nSPS) is 13.6. The number of ether oxygens (including phenoxy) is 1. The van der Waals surface area contributed by atoms with Crippen molar-refractivity contribution in [3.8, 4) is 17.0 Å². The molecule has 4 aromatic rings. The van der Waals surface area contributed by atoms with Crippen LogP contribution in [0.4, 0.5) is 23.0 Å². The summed E-state index contributed by atoms with van der Waals surface area (Å²) in [4.78, 5) is 25.2. The van der Waals surface area contributed by atoms with Gasteiger partial charge in [-0.2, -0.15) is 0 Å². The third kappa shape index (κ3) is 7.12. The summed E-state index contributed by atoms with van der Waals surface area (Å²) in [7, 11) is 0. The minimum Gasteiger partial charge on any atom is -0.494 e. The number of hydrogen-bond donors (Lipinski definition) is 2. The fourth-order valence-corrected chi connectivity index (χ4v) is 4.71. The lowest BCUT2D eigenvalue weighted by molar-refractivity contribution is -0.114. The standard InChI is InChI=1S/C31H34N6O2/c1-3-39-29-6-4-5-24(21-29)22-36-17-19-37(20-18-36)28-13-11-27(12-14-28)34-31-32-16-15-30(35-31)25-7-9-26(10-8-25)33-23(2)38/h4-16,21H,3,17-20,22H2,1-2H3,(H,33,38)(H,32,34,35). The smallest absolute Gasteiger partial charge is 0.227 e. The van der Waals surface area contributed by atoms with Gasteiger partial charge in [0.1, 0.15) is 5.75 Å². The predicted molar refractivity (Wildman–Crippen MR) is 157 cm³/mol. The Kier molecular flexibility index (Phi) is 8.33. The maximum absolute atomic E-state index is 11.3. The Balaban J connectivity index is 1.15. The predicted octanol–water partition coefficient (Wildman–Crippen LogP) is 5.57. The molecule has 1 fully saturated rings. The first-order chi connectivity index (χ1) is 19.1. The highest BCUT2D eigenvalue weighted by Crippen LogP contribution is 2.24. The molecular formula is C31H34N6O2. The topological polar surface area (TPSA) is 82.6 Å². The summed E-state index contributed by atoms with van der Waals surface area (Å²) < 4.78 is 5.65. The van der Waals surface area contributed by atoms with Crippen molar-refractivity contribution in [1.82, 2.24) is 14.9 Å². The number of amides is 1. The second kappa shape index (κ2) is 12.4. The van der Waals surface area contributed by atoms with Crippen LogP contribution < -0.4 is 20.3 Å². The van der Waals surface area contributed by atoms with Crippen LogP contribution in [0.25, 0.3) is 11.3 Å². The molecule has 2 heterocycles. The molecule has 0 aliphatic carbocycles. The summed E-state index contributed by atoms with van der Waals surface area (Å²) in [5, 5.41) is 6.09. The van der Waals surface area contributed by atoms with Crippen LogP contribution >= 0.6 is 0 Å². The molecule has 5 rings (SSSR count). The highest BCUT2D eigenvalue weighted by Gasteiger charge is 2.17. The fraction of sp³-hybridized carbons (Fsp3) is 0.258. The molecule has 0 saturated carbocycles. The summed E-state index contributed by atoms with van der Waals surface area (Å²) in [6.07, 6.45) is 1.74. The molecule has 0 spiro atoms. The number of rotatable bonds is 9. The Bertz CT molecular complexity index is 1380. The van der Waals surface area contributed by atoms with Crippen molar-refractivity contribution in [2.75, 3.05) is 48.3 Å². The number of anilines is 4. The number of carbonyl (C=O) groups excluding carboxylic acids is 1. The van der Waals surface area contributed by atoms with Crippen molar-refractivity contribution in [1.29, 1.82) is 0 Å². The van der Waals surface area contributed by atoms with E-state index in [2.05, 4.69) is 72.9 Å². The lowest BCUT2D eigenvalue weighted by Gasteiger charge is -2.36. The molecule has 39 heavy (non-hydrogen) atoms. The van der Waals surface area contributed by atoms with Gasteiger partial charge in [-0.25, -0.2) is 9.97 Å². The molecule has 1 aromatic heterocycles. The van der Waals surface area contributed by atoms with Crippen molar-refractivity contribution >= 4 is 28.9 Å². The minimum atomic E-state index is -0.0932. The number of nitrogens with one attached hydrogen (secondary N) is 2. The molecule has 0 bridgehead atoms. The summed E-state index contributed by atoms with van der Waals surface area (Å²) in [6.45, 7) is 9.15. The van der Waals surface area contributed by atoms with Gasteiger partial charge in [-0.1, -0.05) is 24.3 Å². The molecule has 0 radical (unpaired) electrons. The summed E-state index contributed by atoms with van der Waals surface area (Å²) in [6, 6.07) is 26.3. The Labute approximate surface area is 229 Å². The van der Waals surface area contributed by atoms with E-state index in [0.717, 1.165) is 61.1 Å². The SMILES string of the molecule is CCOc1cccc(CN2CCN(c3ccc(Nc4nccc(-c5ccc(NC(C)=O)cc5)n4)cc3)CC2)c1. The van der Waals surface area contributed by atoms with Crippen LogP contribution in [-0.2, 0) is 11.3 Å². The van der Waals surface area contributed by atoms with Gasteiger partial charge in [0, 0.05) is 68.5 Å². The van der Waals surface area contributed by atoms with Crippen molar-refractivity contribution in [3.05, 3.63) is 90.6 Å². The van der Waals surface area contributed by atoms with E-state index in [9.17, 15) is 4.79 Å². The quantitative estimate of drug-likeness (QED) is 0.298. The lowest BCUT2D eigenvalue weighted by atomic mass is 10.1. The zero-order valence-corrected chi connectivity index (χ0v) is 22.4. The number of benzene rings is 3. The van der Waals surface area contributed by atoms with Gasteiger partial charge in [0.2, 0.25) is 11.9 Å². The number of carbonyl (C=O) groups is 1. The van der Waals surface area contributed by atoms with Crippen LogP contribution in [0.3, 0.4) is 0 Å². The van der Waals surface area contributed by atoms with Gasteiger partial charge in [-0.05, 0) is 67.1 Å². The Morgan fingerprint density at radius 3 is 2.38 bits per heavy atom. The third-order valence-corrected chi connectivity index (χ3v) is 6.63. The van der Waals surface area contributed by atoms with Crippen LogP contribution in [-0.4, -0.2) is 53.6 Å². The van der Waals surface area contributed by atoms with Gasteiger partial charge in [0.05, 0.1) is 12.3 Å². The number of aromatic nitrogens is 2. The van der Waals surface area contributed by atoms with Gasteiger partial charge >= 0.3 is 0 Å². The Morgan fingerprint density at radius 1 is 0.923 bits per heavy atom. The second-order valence-corrected chi connectivity index (χ2v) is 9.54. The molecule has 0 unspecified atom stereocenters.